The van der Waals surface area contributed by atoms with E-state index >= 15 is 0 Å². The summed E-state index contributed by atoms with van der Waals surface area (Å²) in [5.41, 5.74) is 0. The van der Waals surface area contributed by atoms with Crippen molar-refractivity contribution in [2.24, 2.45) is 10.2 Å². The Morgan fingerprint density at radius 2 is 1.31 bits per heavy atom. The summed E-state index contributed by atoms with van der Waals surface area (Å²) in [7, 11) is 0. The molecule has 0 aliphatic carbocycles. The Labute approximate surface area is 106 Å². The first-order valence-corrected chi connectivity index (χ1v) is 3.46. The summed E-state index contributed by atoms with van der Waals surface area (Å²) in [5, 5.41) is 5.84. The first-order chi connectivity index (χ1) is 5.70. The van der Waals surface area contributed by atoms with Crippen molar-refractivity contribution in [3.8, 4) is 0 Å². The van der Waals surface area contributed by atoms with E-state index in [0.717, 1.165) is 0 Å². The first kappa shape index (κ1) is 15.3. The second-order valence-electron chi connectivity index (χ2n) is 1.60. The molecule has 0 N–H and O–H groups in total. The average molecular weight is 214 g/mol. The van der Waals surface area contributed by atoms with Gasteiger partial charge in [-0.2, -0.15) is 0 Å². The Morgan fingerprint density at radius 3 is 1.54 bits per heavy atom. The first-order valence-electron chi connectivity index (χ1n) is 3.46. The summed E-state index contributed by atoms with van der Waals surface area (Å²) in [6, 6.07) is 0. The summed E-state index contributed by atoms with van der Waals surface area (Å²) in [4.78, 5) is 20.9. The van der Waals surface area contributed by atoms with Crippen molar-refractivity contribution >= 4 is 12.2 Å². The van der Waals surface area contributed by atoms with Crippen LogP contribution in [-0.2, 0) is 9.47 Å². The van der Waals surface area contributed by atoms with Gasteiger partial charge in [0.25, 0.3) is 0 Å². The molecule has 0 aromatic rings. The number of rotatable bonds is 2. The molecule has 0 aromatic heterocycles. The van der Waals surface area contributed by atoms with Crippen LogP contribution in [0.3, 0.4) is 0 Å². The van der Waals surface area contributed by atoms with E-state index in [2.05, 4.69) is 19.7 Å². The van der Waals surface area contributed by atoms with Gasteiger partial charge in [-0.25, -0.2) is 9.59 Å². The summed E-state index contributed by atoms with van der Waals surface area (Å²) in [6.45, 7) is 3.64. The van der Waals surface area contributed by atoms with Gasteiger partial charge in [0.05, 0.1) is 13.2 Å². The van der Waals surface area contributed by atoms with Crippen molar-refractivity contribution in [1.82, 2.24) is 0 Å². The molecule has 0 aliphatic rings. The van der Waals surface area contributed by atoms with Crippen LogP contribution in [0.4, 0.5) is 9.59 Å². The van der Waals surface area contributed by atoms with E-state index in [9.17, 15) is 9.59 Å². The number of nitrogens with zero attached hydrogens (tertiary/aromatic N) is 2. The molecule has 0 aromatic carbocycles. The maximum absolute atomic E-state index is 10.5. The van der Waals surface area contributed by atoms with Crippen LogP contribution in [0.2, 0.25) is 0 Å². The number of azo groups is 1. The predicted octanol–water partition coefficient (Wildman–Crippen LogP) is 1.75. The Balaban J connectivity index is 0. The van der Waals surface area contributed by atoms with Gasteiger partial charge in [-0.3, -0.25) is 0 Å². The predicted molar refractivity (Wildman–Crippen MR) is 38.9 cm³/mol. The maximum Gasteiger partial charge on any atom is 0.452 e. The molecule has 0 heterocycles. The minimum atomic E-state index is -0.898. The molecule has 0 saturated heterocycles. The quantitative estimate of drug-likeness (QED) is 0.656. The molecule has 0 saturated carbocycles. The van der Waals surface area contributed by atoms with Crippen molar-refractivity contribution in [2.45, 2.75) is 13.8 Å². The SMILES string of the molecule is CCOC(=O)N=NC(=O)OCC.[Ar]. The topological polar surface area (TPSA) is 77.3 Å². The van der Waals surface area contributed by atoms with Crippen molar-refractivity contribution in [1.29, 1.82) is 0 Å². The zero-order valence-corrected chi connectivity index (χ0v) is 8.00. The van der Waals surface area contributed by atoms with E-state index < -0.39 is 12.2 Å². The van der Waals surface area contributed by atoms with E-state index in [4.69, 9.17) is 0 Å². The molecule has 2 amide bonds. The molecule has 0 bridgehead atoms. The summed E-state index contributed by atoms with van der Waals surface area (Å²) < 4.78 is 8.73. The Bertz CT molecular complexity index is 175. The number of carbonyl (C=O) groups excluding carboxylic acids is 2. The maximum atomic E-state index is 10.5. The van der Waals surface area contributed by atoms with Crippen LogP contribution in [0, 0.1) is 37.7 Å². The number of hydrogen-bond donors (Lipinski definition) is 0. The Morgan fingerprint density at radius 1 is 1.00 bits per heavy atom. The molecule has 0 spiro atoms. The number of amides is 2. The zero-order valence-electron chi connectivity index (χ0n) is 7.30. The number of hydrogen-bond acceptors (Lipinski definition) is 4. The molecule has 0 atom stereocenters. The third-order valence-electron chi connectivity index (χ3n) is 0.749. The molecule has 0 unspecified atom stereocenters. The largest absolute Gasteiger partial charge is 0.452 e. The molecule has 0 fully saturated rings. The molecule has 76 valence electrons. The van der Waals surface area contributed by atoms with Crippen molar-refractivity contribution < 1.29 is 56.8 Å². The van der Waals surface area contributed by atoms with Crippen LogP contribution in [0.15, 0.2) is 10.2 Å². The van der Waals surface area contributed by atoms with E-state index in [-0.39, 0.29) is 51.0 Å². The van der Waals surface area contributed by atoms with Gasteiger partial charge >= 0.3 is 12.2 Å². The summed E-state index contributed by atoms with van der Waals surface area (Å²) in [6.07, 6.45) is -1.80. The fourth-order valence-electron chi connectivity index (χ4n) is 0.386. The molecule has 0 aliphatic heterocycles. The van der Waals surface area contributed by atoms with Gasteiger partial charge < -0.3 is 9.47 Å². The van der Waals surface area contributed by atoms with Crippen molar-refractivity contribution in [2.75, 3.05) is 13.2 Å². The van der Waals surface area contributed by atoms with Crippen LogP contribution >= 0.6 is 0 Å². The second kappa shape index (κ2) is 9.88. The number of ether oxygens (including phenoxy) is 2. The van der Waals surface area contributed by atoms with Crippen molar-refractivity contribution in [3.63, 3.8) is 0 Å². The van der Waals surface area contributed by atoms with E-state index in [1.807, 2.05) is 0 Å². The van der Waals surface area contributed by atoms with Gasteiger partial charge in [-0.15, -0.1) is 0 Å². The van der Waals surface area contributed by atoms with E-state index in [0.29, 0.717) is 0 Å². The average Bonchev–Trinajstić information content (AvgIpc) is 2.02. The van der Waals surface area contributed by atoms with Crippen molar-refractivity contribution in [3.05, 3.63) is 0 Å². The minimum absolute atomic E-state index is 0. The van der Waals surface area contributed by atoms with Gasteiger partial charge in [0.15, 0.2) is 0 Å². The third-order valence-corrected chi connectivity index (χ3v) is 0.749. The van der Waals surface area contributed by atoms with Crippen LogP contribution in [0.25, 0.3) is 0 Å². The molecule has 0 rings (SSSR count). The standard InChI is InChI=1S/C6H10N2O4.Ar/c1-3-11-5(9)7-8-6(10)12-4-2;/h3-4H2,1-2H3;. The third kappa shape index (κ3) is 9.72. The van der Waals surface area contributed by atoms with Crippen LogP contribution < -0.4 is 0 Å². The van der Waals surface area contributed by atoms with Crippen LogP contribution in [-0.4, -0.2) is 25.4 Å². The molecular weight excluding hydrogens is 204 g/mol. The molecule has 13 heavy (non-hydrogen) atoms. The Hall–Kier alpha value is -0.200. The Kier molecular flexibility index (Phi) is 11.6. The fourth-order valence-corrected chi connectivity index (χ4v) is 0.386. The summed E-state index contributed by atoms with van der Waals surface area (Å²) in [5.74, 6) is 0. The van der Waals surface area contributed by atoms with Gasteiger partial charge in [0.2, 0.25) is 0 Å². The molecule has 0 radical (unpaired) electrons. The van der Waals surface area contributed by atoms with Crippen LogP contribution in [0.5, 0.6) is 0 Å². The summed E-state index contributed by atoms with van der Waals surface area (Å²) >= 11 is 0. The zero-order chi connectivity index (χ0) is 9.40. The van der Waals surface area contributed by atoms with Gasteiger partial charge in [-0.1, -0.05) is 10.2 Å². The van der Waals surface area contributed by atoms with E-state index in [1.54, 1.807) is 13.8 Å². The fraction of sp³-hybridized carbons (Fsp3) is 0.667. The second-order valence-corrected chi connectivity index (χ2v) is 1.60. The normalized spacial score (nSPS) is 9.08. The molecule has 7 heteroatoms. The van der Waals surface area contributed by atoms with Gasteiger partial charge in [0.1, 0.15) is 0 Å². The number of carbonyl (C=O) groups is 2. The monoisotopic (exact) mass is 214 g/mol. The van der Waals surface area contributed by atoms with Gasteiger partial charge in [-0.05, 0) is 13.8 Å². The smallest absolute Gasteiger partial charge is 0.447 e. The molecular formula is C6H10ArN2O4. The van der Waals surface area contributed by atoms with Gasteiger partial charge in [0, 0.05) is 37.7 Å². The van der Waals surface area contributed by atoms with Crippen LogP contribution in [0.1, 0.15) is 13.8 Å². The molecule has 6 nitrogen and oxygen atoms in total. The minimum Gasteiger partial charge on any atom is -0.447 e. The van der Waals surface area contributed by atoms with E-state index in [1.165, 1.54) is 0 Å².